The van der Waals surface area contributed by atoms with Crippen molar-refractivity contribution in [2.45, 2.75) is 50.5 Å². The number of aryl methyl sites for hydroxylation is 1. The van der Waals surface area contributed by atoms with Crippen LogP contribution in [0.4, 0.5) is 5.82 Å². The van der Waals surface area contributed by atoms with Crippen LogP contribution in [0.5, 0.6) is 0 Å². The van der Waals surface area contributed by atoms with Crippen molar-refractivity contribution in [3.8, 4) is 0 Å². The third kappa shape index (κ3) is 3.40. The zero-order valence-electron chi connectivity index (χ0n) is 12.5. The summed E-state index contributed by atoms with van der Waals surface area (Å²) in [5.41, 5.74) is 5.76. The summed E-state index contributed by atoms with van der Waals surface area (Å²) in [6.07, 6.45) is 7.42. The van der Waals surface area contributed by atoms with Crippen molar-refractivity contribution in [1.82, 2.24) is 14.5 Å². The minimum atomic E-state index is -3.55. The highest BCUT2D eigenvalue weighted by molar-refractivity contribution is 7.89. The second-order valence-corrected chi connectivity index (χ2v) is 8.07. The maximum absolute atomic E-state index is 12.4. The fourth-order valence-corrected chi connectivity index (χ4v) is 4.16. The summed E-state index contributed by atoms with van der Waals surface area (Å²) < 4.78 is 29.2. The predicted molar refractivity (Wildman–Crippen MR) is 81.1 cm³/mol. The van der Waals surface area contributed by atoms with Gasteiger partial charge in [-0.25, -0.2) is 13.1 Å². The van der Waals surface area contributed by atoms with E-state index in [4.69, 9.17) is 5.73 Å². The van der Waals surface area contributed by atoms with Crippen LogP contribution in [0, 0.1) is 17.8 Å². The highest BCUT2D eigenvalue weighted by Crippen LogP contribution is 2.48. The fourth-order valence-electron chi connectivity index (χ4n) is 3.02. The molecule has 21 heavy (non-hydrogen) atoms. The molecule has 0 bridgehead atoms. The number of aromatic nitrogens is 2. The molecule has 0 saturated heterocycles. The second kappa shape index (κ2) is 5.61. The van der Waals surface area contributed by atoms with Crippen molar-refractivity contribution in [1.29, 1.82) is 0 Å². The topological polar surface area (TPSA) is 90.0 Å². The molecular formula is C14H24N4O2S. The number of nitrogens with zero attached hydrogens (tertiary/aromatic N) is 2. The largest absolute Gasteiger partial charge is 0.381 e. The van der Waals surface area contributed by atoms with E-state index >= 15 is 0 Å². The van der Waals surface area contributed by atoms with Gasteiger partial charge >= 0.3 is 0 Å². The molecule has 2 saturated carbocycles. The summed E-state index contributed by atoms with van der Waals surface area (Å²) in [4.78, 5) is 0.112. The van der Waals surface area contributed by atoms with E-state index in [1.54, 1.807) is 4.68 Å². The fraction of sp³-hybridized carbons (Fsp3) is 0.786. The van der Waals surface area contributed by atoms with E-state index in [9.17, 15) is 8.42 Å². The van der Waals surface area contributed by atoms with Crippen molar-refractivity contribution in [2.24, 2.45) is 17.8 Å². The van der Waals surface area contributed by atoms with Crippen LogP contribution in [-0.2, 0) is 16.6 Å². The van der Waals surface area contributed by atoms with Gasteiger partial charge in [0, 0.05) is 19.3 Å². The molecule has 0 spiro atoms. The molecule has 2 aliphatic carbocycles. The number of hydrogen-bond donors (Lipinski definition) is 2. The van der Waals surface area contributed by atoms with Gasteiger partial charge in [0.1, 0.15) is 4.90 Å². The van der Waals surface area contributed by atoms with Gasteiger partial charge in [0.2, 0.25) is 10.0 Å². The Morgan fingerprint density at radius 1 is 1.38 bits per heavy atom. The van der Waals surface area contributed by atoms with Crippen molar-refractivity contribution >= 4 is 15.8 Å². The van der Waals surface area contributed by atoms with E-state index in [-0.39, 0.29) is 10.7 Å². The SMILES string of the molecule is CCCn1cc(S(=O)(=O)NCC(C2CC2)C2CC2)c(N)n1. The summed E-state index contributed by atoms with van der Waals surface area (Å²) in [6.45, 7) is 3.22. The number of nitrogens with one attached hydrogen (secondary N) is 1. The zero-order chi connectivity index (χ0) is 15.0. The molecule has 1 aromatic rings. The van der Waals surface area contributed by atoms with Gasteiger partial charge in [-0.05, 0) is 49.9 Å². The number of sulfonamides is 1. The van der Waals surface area contributed by atoms with Gasteiger partial charge in [0.15, 0.2) is 5.82 Å². The Balaban J connectivity index is 1.68. The normalized spacial score (nSPS) is 19.3. The van der Waals surface area contributed by atoms with E-state index in [1.807, 2.05) is 6.92 Å². The van der Waals surface area contributed by atoms with Gasteiger partial charge in [-0.15, -0.1) is 0 Å². The smallest absolute Gasteiger partial charge is 0.245 e. The first-order chi connectivity index (χ1) is 10.0. The van der Waals surface area contributed by atoms with Crippen LogP contribution >= 0.6 is 0 Å². The minimum absolute atomic E-state index is 0.0883. The number of anilines is 1. The van der Waals surface area contributed by atoms with Crippen LogP contribution < -0.4 is 10.5 Å². The lowest BCUT2D eigenvalue weighted by Gasteiger charge is -2.15. The molecule has 0 amide bonds. The third-order valence-corrected chi connectivity index (χ3v) is 5.90. The molecule has 0 aliphatic heterocycles. The maximum Gasteiger partial charge on any atom is 0.245 e. The monoisotopic (exact) mass is 312 g/mol. The molecule has 1 heterocycles. The van der Waals surface area contributed by atoms with Crippen LogP contribution in [-0.4, -0.2) is 24.7 Å². The lowest BCUT2D eigenvalue weighted by molar-refractivity contribution is 0.401. The zero-order valence-corrected chi connectivity index (χ0v) is 13.3. The molecular weight excluding hydrogens is 288 g/mol. The van der Waals surface area contributed by atoms with Crippen LogP contribution in [0.15, 0.2) is 11.1 Å². The lowest BCUT2D eigenvalue weighted by atomic mass is 9.99. The Morgan fingerprint density at radius 3 is 2.52 bits per heavy atom. The number of nitrogen functional groups attached to an aromatic ring is 1. The summed E-state index contributed by atoms with van der Waals surface area (Å²) in [5.74, 6) is 2.04. The number of rotatable bonds is 8. The first-order valence-electron chi connectivity index (χ1n) is 7.84. The summed E-state index contributed by atoms with van der Waals surface area (Å²) in [5, 5.41) is 4.06. The molecule has 1 aromatic heterocycles. The Kier molecular flexibility index (Phi) is 3.96. The quantitative estimate of drug-likeness (QED) is 0.762. The average Bonchev–Trinajstić information content (AvgIpc) is 3.30. The van der Waals surface area contributed by atoms with Crippen molar-refractivity contribution in [3.05, 3.63) is 6.20 Å². The van der Waals surface area contributed by atoms with E-state index in [0.717, 1.165) is 18.3 Å². The Labute approximate surface area is 126 Å². The third-order valence-electron chi connectivity index (χ3n) is 4.46. The molecule has 0 unspecified atom stereocenters. The molecule has 0 atom stereocenters. The Bertz CT molecular complexity index is 590. The van der Waals surface area contributed by atoms with Gasteiger partial charge in [0.05, 0.1) is 0 Å². The van der Waals surface area contributed by atoms with Crippen LogP contribution in [0.3, 0.4) is 0 Å². The molecule has 2 aliphatic rings. The van der Waals surface area contributed by atoms with Crippen LogP contribution in [0.1, 0.15) is 39.0 Å². The van der Waals surface area contributed by atoms with E-state index < -0.39 is 10.0 Å². The van der Waals surface area contributed by atoms with Gasteiger partial charge in [0.25, 0.3) is 0 Å². The van der Waals surface area contributed by atoms with Crippen molar-refractivity contribution in [3.63, 3.8) is 0 Å². The molecule has 0 radical (unpaired) electrons. The van der Waals surface area contributed by atoms with Gasteiger partial charge < -0.3 is 5.73 Å². The predicted octanol–water partition coefficient (Wildman–Crippen LogP) is 1.59. The molecule has 7 heteroatoms. The first kappa shape index (κ1) is 14.8. The molecule has 2 fully saturated rings. The van der Waals surface area contributed by atoms with Crippen molar-refractivity contribution < 1.29 is 8.42 Å². The maximum atomic E-state index is 12.4. The average molecular weight is 312 g/mol. The van der Waals surface area contributed by atoms with E-state index in [0.29, 0.717) is 19.0 Å². The lowest BCUT2D eigenvalue weighted by Crippen LogP contribution is -2.31. The highest BCUT2D eigenvalue weighted by atomic mass is 32.2. The van der Waals surface area contributed by atoms with E-state index in [2.05, 4.69) is 9.82 Å². The summed E-state index contributed by atoms with van der Waals surface area (Å²) in [6, 6.07) is 0. The van der Waals surface area contributed by atoms with E-state index in [1.165, 1.54) is 31.9 Å². The van der Waals surface area contributed by atoms with Crippen LogP contribution in [0.25, 0.3) is 0 Å². The van der Waals surface area contributed by atoms with Gasteiger partial charge in [-0.3, -0.25) is 4.68 Å². The van der Waals surface area contributed by atoms with Crippen LogP contribution in [0.2, 0.25) is 0 Å². The van der Waals surface area contributed by atoms with Gasteiger partial charge in [-0.1, -0.05) is 6.92 Å². The Hall–Kier alpha value is -1.08. The first-order valence-corrected chi connectivity index (χ1v) is 9.32. The molecule has 0 aromatic carbocycles. The minimum Gasteiger partial charge on any atom is -0.381 e. The standard InChI is InChI=1S/C14H24N4O2S/c1-2-7-18-9-13(14(15)17-18)21(19,20)16-8-12(10-3-4-10)11-5-6-11/h9-12,16H,2-8H2,1H3,(H2,15,17). The molecule has 118 valence electrons. The summed E-state index contributed by atoms with van der Waals surface area (Å²) in [7, 11) is -3.55. The highest BCUT2D eigenvalue weighted by Gasteiger charge is 2.41. The summed E-state index contributed by atoms with van der Waals surface area (Å²) >= 11 is 0. The number of hydrogen-bond acceptors (Lipinski definition) is 4. The molecule has 6 nitrogen and oxygen atoms in total. The molecule has 3 rings (SSSR count). The van der Waals surface area contributed by atoms with Gasteiger partial charge in [-0.2, -0.15) is 5.10 Å². The Morgan fingerprint density at radius 2 is 2.00 bits per heavy atom. The second-order valence-electron chi connectivity index (χ2n) is 6.33. The van der Waals surface area contributed by atoms with Crippen molar-refractivity contribution in [2.75, 3.05) is 12.3 Å². The number of nitrogens with two attached hydrogens (primary N) is 1. The molecule has 3 N–H and O–H groups in total.